The maximum atomic E-state index is 11.8. The monoisotopic (exact) mass is 477 g/mol. The molecule has 1 saturated heterocycles. The average molecular weight is 478 g/mol. The van der Waals surface area contributed by atoms with Gasteiger partial charge in [-0.2, -0.15) is 4.98 Å². The molecule has 1 fully saturated rings. The van der Waals surface area contributed by atoms with Crippen molar-refractivity contribution in [1.82, 2.24) is 25.8 Å². The summed E-state index contributed by atoms with van der Waals surface area (Å²) in [5, 5.41) is 18.9. The van der Waals surface area contributed by atoms with E-state index in [4.69, 9.17) is 28.9 Å². The van der Waals surface area contributed by atoms with E-state index in [1.165, 1.54) is 0 Å². The minimum absolute atomic E-state index is 0.0113. The van der Waals surface area contributed by atoms with Crippen molar-refractivity contribution in [2.24, 2.45) is 16.6 Å². The fraction of sp³-hybridized carbons (Fsp3) is 0.450. The van der Waals surface area contributed by atoms with Crippen molar-refractivity contribution in [2.75, 3.05) is 42.9 Å². The number of piperidine rings is 1. The van der Waals surface area contributed by atoms with Crippen LogP contribution in [0.25, 0.3) is 0 Å². The number of primary amides is 1. The molecule has 4 rings (SSSR count). The van der Waals surface area contributed by atoms with Crippen LogP contribution in [0.4, 0.5) is 11.8 Å². The van der Waals surface area contributed by atoms with Gasteiger partial charge in [-0.3, -0.25) is 9.79 Å². The van der Waals surface area contributed by atoms with Crippen LogP contribution in [0.1, 0.15) is 28.9 Å². The number of carbonyl (C=O) groups is 1. The molecule has 10 nitrogen and oxygen atoms in total. The Hall–Kier alpha value is -2.85. The topological polar surface area (TPSA) is 133 Å². The third kappa shape index (κ3) is 5.49. The second-order valence-electron chi connectivity index (χ2n) is 7.73. The second-order valence-corrected chi connectivity index (χ2v) is 8.57. The number of guanidine groups is 1. The number of hydrogen-bond acceptors (Lipinski definition) is 9. The number of rotatable bonds is 7. The van der Waals surface area contributed by atoms with Crippen molar-refractivity contribution < 1.29 is 4.79 Å². The molecule has 0 radical (unpaired) electrons. The molecule has 0 atom stereocenters. The molecule has 32 heavy (non-hydrogen) atoms. The lowest BCUT2D eigenvalue weighted by Crippen LogP contribution is -2.42. The van der Waals surface area contributed by atoms with E-state index in [2.05, 4.69) is 41.0 Å². The number of benzene rings is 1. The summed E-state index contributed by atoms with van der Waals surface area (Å²) in [5.41, 5.74) is 6.26. The van der Waals surface area contributed by atoms with Crippen LogP contribution in [0.15, 0.2) is 23.2 Å². The molecule has 3 heterocycles. The number of nitrogens with two attached hydrogens (primary N) is 1. The highest BCUT2D eigenvalue weighted by Gasteiger charge is 2.24. The molecular weight excluding hydrogens is 453 g/mol. The molecule has 2 aliphatic heterocycles. The Balaban J connectivity index is 1.39. The smallest absolute Gasteiger partial charge is 0.273 e. The predicted octanol–water partition coefficient (Wildman–Crippen LogP) is 1.65. The van der Waals surface area contributed by atoms with E-state index in [0.29, 0.717) is 28.5 Å². The third-order valence-electron chi connectivity index (χ3n) is 5.50. The van der Waals surface area contributed by atoms with Crippen LogP contribution >= 0.6 is 23.2 Å². The van der Waals surface area contributed by atoms with Gasteiger partial charge in [-0.15, -0.1) is 10.2 Å². The van der Waals surface area contributed by atoms with Crippen molar-refractivity contribution >= 4 is 46.8 Å². The summed E-state index contributed by atoms with van der Waals surface area (Å²) in [6, 6.07) is 5.22. The first-order chi connectivity index (χ1) is 15.5. The summed E-state index contributed by atoms with van der Waals surface area (Å²) in [4.78, 5) is 22.8. The Bertz CT molecular complexity index is 1010. The lowest BCUT2D eigenvalue weighted by molar-refractivity contribution is 0.0995. The SMILES string of the molecule is NC(=O)c1nnc(N2CCC(CNC3=NCCN3)CC2)nc1NCc1ccc(Cl)cc1Cl. The van der Waals surface area contributed by atoms with E-state index in [1.807, 2.05) is 6.07 Å². The summed E-state index contributed by atoms with van der Waals surface area (Å²) >= 11 is 12.2. The van der Waals surface area contributed by atoms with Crippen LogP contribution in [0, 0.1) is 5.92 Å². The Morgan fingerprint density at radius 1 is 1.22 bits per heavy atom. The molecule has 5 N–H and O–H groups in total. The Morgan fingerprint density at radius 3 is 2.72 bits per heavy atom. The highest BCUT2D eigenvalue weighted by Crippen LogP contribution is 2.24. The maximum absolute atomic E-state index is 11.8. The number of aliphatic imine (C=N–C) groups is 1. The van der Waals surface area contributed by atoms with Crippen molar-refractivity contribution in [1.29, 1.82) is 0 Å². The van der Waals surface area contributed by atoms with Crippen LogP contribution in [0.5, 0.6) is 0 Å². The van der Waals surface area contributed by atoms with E-state index in [1.54, 1.807) is 12.1 Å². The summed E-state index contributed by atoms with van der Waals surface area (Å²) in [7, 11) is 0. The average Bonchev–Trinajstić information content (AvgIpc) is 3.31. The number of halogens is 2. The minimum Gasteiger partial charge on any atom is -0.364 e. The Morgan fingerprint density at radius 2 is 2.03 bits per heavy atom. The van der Waals surface area contributed by atoms with Gasteiger partial charge in [0.25, 0.3) is 5.91 Å². The number of anilines is 2. The highest BCUT2D eigenvalue weighted by atomic mass is 35.5. The fourth-order valence-corrected chi connectivity index (χ4v) is 4.15. The van der Waals surface area contributed by atoms with Gasteiger partial charge in [0, 0.05) is 42.8 Å². The van der Waals surface area contributed by atoms with Gasteiger partial charge in [0.1, 0.15) is 0 Å². The van der Waals surface area contributed by atoms with E-state index in [9.17, 15) is 4.79 Å². The molecule has 0 aliphatic carbocycles. The van der Waals surface area contributed by atoms with Gasteiger partial charge < -0.3 is 26.6 Å². The van der Waals surface area contributed by atoms with Gasteiger partial charge in [-0.05, 0) is 36.5 Å². The summed E-state index contributed by atoms with van der Waals surface area (Å²) in [5.74, 6) is 1.47. The molecule has 0 spiro atoms. The molecule has 0 bridgehead atoms. The van der Waals surface area contributed by atoms with Crippen LogP contribution in [-0.2, 0) is 6.54 Å². The molecule has 2 aliphatic rings. The minimum atomic E-state index is -0.700. The third-order valence-corrected chi connectivity index (χ3v) is 6.09. The second kappa shape index (κ2) is 10.2. The number of nitrogens with one attached hydrogen (secondary N) is 3. The zero-order chi connectivity index (χ0) is 22.5. The van der Waals surface area contributed by atoms with Crippen molar-refractivity contribution in [3.8, 4) is 0 Å². The van der Waals surface area contributed by atoms with E-state index >= 15 is 0 Å². The molecule has 1 aromatic carbocycles. The molecule has 1 amide bonds. The first kappa shape index (κ1) is 22.3. The van der Waals surface area contributed by atoms with E-state index in [0.717, 1.165) is 57.1 Å². The molecular formula is C20H25Cl2N9O. The van der Waals surface area contributed by atoms with Gasteiger partial charge in [0.05, 0.1) is 6.54 Å². The lowest BCUT2D eigenvalue weighted by atomic mass is 9.97. The normalized spacial score (nSPS) is 16.4. The van der Waals surface area contributed by atoms with Crippen LogP contribution in [-0.4, -0.2) is 59.8 Å². The lowest BCUT2D eigenvalue weighted by Gasteiger charge is -2.32. The highest BCUT2D eigenvalue weighted by molar-refractivity contribution is 6.35. The van der Waals surface area contributed by atoms with Gasteiger partial charge in [-0.1, -0.05) is 29.3 Å². The zero-order valence-corrected chi connectivity index (χ0v) is 19.0. The standard InChI is InChI=1S/C20H25Cl2N9O/c21-14-2-1-13(15(22)9-14)11-26-18-16(17(23)32)29-30-20(28-18)31-7-3-12(4-8-31)10-27-19-24-5-6-25-19/h1-2,9,12H,3-8,10-11H2,(H2,23,32)(H2,24,25,27)(H,26,28,30). The first-order valence-corrected chi connectivity index (χ1v) is 11.2. The van der Waals surface area contributed by atoms with Crippen molar-refractivity contribution in [2.45, 2.75) is 19.4 Å². The maximum Gasteiger partial charge on any atom is 0.273 e. The van der Waals surface area contributed by atoms with Gasteiger partial charge in [-0.25, -0.2) is 0 Å². The Kier molecular flexibility index (Phi) is 7.11. The van der Waals surface area contributed by atoms with Gasteiger partial charge >= 0.3 is 0 Å². The largest absolute Gasteiger partial charge is 0.364 e. The molecule has 2 aromatic rings. The number of aromatic nitrogens is 3. The van der Waals surface area contributed by atoms with Gasteiger partial charge in [0.2, 0.25) is 5.95 Å². The number of carbonyl (C=O) groups excluding carboxylic acids is 1. The molecule has 1 aromatic heterocycles. The fourth-order valence-electron chi connectivity index (χ4n) is 3.68. The number of amides is 1. The van der Waals surface area contributed by atoms with E-state index < -0.39 is 5.91 Å². The van der Waals surface area contributed by atoms with E-state index in [-0.39, 0.29) is 11.5 Å². The number of nitrogens with zero attached hydrogens (tertiary/aromatic N) is 5. The van der Waals surface area contributed by atoms with Gasteiger partial charge in [0.15, 0.2) is 17.5 Å². The quantitative estimate of drug-likeness (QED) is 0.472. The van der Waals surface area contributed by atoms with Crippen molar-refractivity contribution in [3.63, 3.8) is 0 Å². The van der Waals surface area contributed by atoms with Crippen LogP contribution < -0.4 is 26.6 Å². The molecule has 170 valence electrons. The number of hydrogen-bond donors (Lipinski definition) is 4. The molecule has 0 unspecified atom stereocenters. The molecule has 12 heteroatoms. The summed E-state index contributed by atoms with van der Waals surface area (Å²) < 4.78 is 0. The predicted molar refractivity (Wildman–Crippen MR) is 125 cm³/mol. The van der Waals surface area contributed by atoms with Crippen LogP contribution in [0.2, 0.25) is 10.0 Å². The Labute approximate surface area is 196 Å². The summed E-state index contributed by atoms with van der Waals surface area (Å²) in [6.07, 6.45) is 1.98. The van der Waals surface area contributed by atoms with Crippen molar-refractivity contribution in [3.05, 3.63) is 39.5 Å². The van der Waals surface area contributed by atoms with Crippen LogP contribution in [0.3, 0.4) is 0 Å². The summed E-state index contributed by atoms with van der Waals surface area (Å²) in [6.45, 7) is 4.53. The first-order valence-electron chi connectivity index (χ1n) is 10.5. The zero-order valence-electron chi connectivity index (χ0n) is 17.4. The molecule has 0 saturated carbocycles.